The molecular formula is C17H18ClNO5. The van der Waals surface area contributed by atoms with Gasteiger partial charge in [0.25, 0.3) is 0 Å². The Morgan fingerprint density at radius 3 is 2.58 bits per heavy atom. The third-order valence-corrected chi connectivity index (χ3v) is 3.58. The second-order valence-electron chi connectivity index (χ2n) is 4.95. The Bertz CT molecular complexity index is 707. The predicted molar refractivity (Wildman–Crippen MR) is 91.7 cm³/mol. The number of benzene rings is 2. The number of alkyl halides is 1. The highest BCUT2D eigenvalue weighted by atomic mass is 35.5. The van der Waals surface area contributed by atoms with Crippen LogP contribution in [0.1, 0.15) is 10.4 Å². The van der Waals surface area contributed by atoms with Gasteiger partial charge in [-0.05, 0) is 30.3 Å². The summed E-state index contributed by atoms with van der Waals surface area (Å²) in [4.78, 5) is 11.5. The number of nitrogens with one attached hydrogen (secondary N) is 1. The van der Waals surface area contributed by atoms with E-state index in [4.69, 9.17) is 21.1 Å². The van der Waals surface area contributed by atoms with Gasteiger partial charge in [0.15, 0.2) is 11.5 Å². The van der Waals surface area contributed by atoms with E-state index in [2.05, 4.69) is 5.32 Å². The lowest BCUT2D eigenvalue weighted by Crippen LogP contribution is -2.21. The van der Waals surface area contributed by atoms with Crippen molar-refractivity contribution in [3.8, 4) is 17.2 Å². The summed E-state index contributed by atoms with van der Waals surface area (Å²) < 4.78 is 10.9. The van der Waals surface area contributed by atoms with Crippen LogP contribution in [0.3, 0.4) is 0 Å². The Morgan fingerprint density at radius 1 is 1.25 bits per heavy atom. The van der Waals surface area contributed by atoms with Crippen molar-refractivity contribution in [3.63, 3.8) is 0 Å². The SMILES string of the molecule is COc1ccccc1Oc1ccc(NCC(O)CCl)c(C(=O)O)c1. The number of ether oxygens (including phenoxy) is 2. The average molecular weight is 352 g/mol. The number of anilines is 1. The molecule has 0 heterocycles. The van der Waals surface area contributed by atoms with E-state index in [9.17, 15) is 15.0 Å². The van der Waals surface area contributed by atoms with Gasteiger partial charge >= 0.3 is 5.97 Å². The third-order valence-electron chi connectivity index (χ3n) is 3.22. The largest absolute Gasteiger partial charge is 0.493 e. The lowest BCUT2D eigenvalue weighted by molar-refractivity contribution is 0.0697. The van der Waals surface area contributed by atoms with Gasteiger partial charge < -0.3 is 25.0 Å². The summed E-state index contributed by atoms with van der Waals surface area (Å²) in [5.41, 5.74) is 0.406. The summed E-state index contributed by atoms with van der Waals surface area (Å²) in [6.07, 6.45) is -0.766. The number of aliphatic hydroxyl groups excluding tert-OH is 1. The summed E-state index contributed by atoms with van der Waals surface area (Å²) in [5.74, 6) is 0.338. The average Bonchev–Trinajstić information content (AvgIpc) is 2.60. The Morgan fingerprint density at radius 2 is 1.96 bits per heavy atom. The van der Waals surface area contributed by atoms with Gasteiger partial charge in [0.05, 0.1) is 24.7 Å². The van der Waals surface area contributed by atoms with Gasteiger partial charge in [-0.15, -0.1) is 11.6 Å². The van der Waals surface area contributed by atoms with Crippen LogP contribution in [0.15, 0.2) is 42.5 Å². The number of rotatable bonds is 8. The van der Waals surface area contributed by atoms with Crippen molar-refractivity contribution in [1.82, 2.24) is 0 Å². The van der Waals surface area contributed by atoms with Crippen molar-refractivity contribution >= 4 is 23.3 Å². The quantitative estimate of drug-likeness (QED) is 0.633. The minimum atomic E-state index is -1.11. The predicted octanol–water partition coefficient (Wildman–Crippen LogP) is 3.20. The number of halogens is 1. The van der Waals surface area contributed by atoms with E-state index in [1.54, 1.807) is 30.3 Å². The maximum Gasteiger partial charge on any atom is 0.337 e. The summed E-state index contributed by atoms with van der Waals surface area (Å²) in [7, 11) is 1.53. The van der Waals surface area contributed by atoms with Crippen LogP contribution in [-0.4, -0.2) is 41.8 Å². The number of aromatic carboxylic acids is 1. The molecule has 0 radical (unpaired) electrons. The number of aliphatic hydroxyl groups is 1. The fourth-order valence-corrected chi connectivity index (χ4v) is 2.14. The number of carboxylic acid groups (broad SMARTS) is 1. The zero-order chi connectivity index (χ0) is 17.5. The van der Waals surface area contributed by atoms with E-state index in [1.165, 1.54) is 13.2 Å². The number of hydrogen-bond acceptors (Lipinski definition) is 5. The standard InChI is InChI=1S/C17H18ClNO5/c1-23-15-4-2-3-5-16(15)24-12-6-7-14(13(8-12)17(21)22)19-10-11(20)9-18/h2-8,11,19-20H,9-10H2,1H3,(H,21,22). The summed E-state index contributed by atoms with van der Waals surface area (Å²) in [6, 6.07) is 11.7. The molecule has 6 nitrogen and oxygen atoms in total. The van der Waals surface area contributed by atoms with E-state index < -0.39 is 12.1 Å². The molecule has 0 fully saturated rings. The molecule has 3 N–H and O–H groups in total. The normalized spacial score (nSPS) is 11.6. The van der Waals surface area contributed by atoms with Crippen LogP contribution in [0, 0.1) is 0 Å². The van der Waals surface area contributed by atoms with Crippen molar-refractivity contribution in [2.45, 2.75) is 6.10 Å². The minimum absolute atomic E-state index is 0.0316. The van der Waals surface area contributed by atoms with Crippen molar-refractivity contribution in [2.24, 2.45) is 0 Å². The molecule has 2 aromatic rings. The van der Waals surface area contributed by atoms with Gasteiger partial charge in [0.2, 0.25) is 0 Å². The van der Waals surface area contributed by atoms with Crippen LogP contribution >= 0.6 is 11.6 Å². The van der Waals surface area contributed by atoms with Gasteiger partial charge in [-0.1, -0.05) is 12.1 Å². The van der Waals surface area contributed by atoms with Gasteiger partial charge in [-0.25, -0.2) is 4.79 Å². The molecule has 2 aromatic carbocycles. The number of methoxy groups -OCH3 is 1. The first kappa shape index (κ1) is 17.9. The van der Waals surface area contributed by atoms with Gasteiger partial charge in [0, 0.05) is 12.2 Å². The molecule has 7 heteroatoms. The lowest BCUT2D eigenvalue weighted by atomic mass is 10.1. The topological polar surface area (TPSA) is 88.0 Å². The maximum atomic E-state index is 11.5. The molecule has 0 aliphatic heterocycles. The zero-order valence-electron chi connectivity index (χ0n) is 13.0. The number of para-hydroxylation sites is 2. The van der Waals surface area contributed by atoms with E-state index in [0.717, 1.165) is 0 Å². The van der Waals surface area contributed by atoms with Crippen molar-refractivity contribution < 1.29 is 24.5 Å². The zero-order valence-corrected chi connectivity index (χ0v) is 13.8. The molecule has 1 unspecified atom stereocenters. The van der Waals surface area contributed by atoms with E-state index in [1.807, 2.05) is 6.07 Å². The lowest BCUT2D eigenvalue weighted by Gasteiger charge is -2.14. The molecule has 2 rings (SSSR count). The third kappa shape index (κ3) is 4.53. The second-order valence-corrected chi connectivity index (χ2v) is 5.26. The Hall–Kier alpha value is -2.44. The second kappa shape index (κ2) is 8.42. The van der Waals surface area contributed by atoms with E-state index in [0.29, 0.717) is 22.9 Å². The fraction of sp³-hybridized carbons (Fsp3) is 0.235. The molecule has 0 aromatic heterocycles. The van der Waals surface area contributed by atoms with Crippen LogP contribution in [0.5, 0.6) is 17.2 Å². The highest BCUT2D eigenvalue weighted by molar-refractivity contribution is 6.18. The van der Waals surface area contributed by atoms with Crippen LogP contribution in [-0.2, 0) is 0 Å². The monoisotopic (exact) mass is 351 g/mol. The summed E-state index contributed by atoms with van der Waals surface area (Å²) in [5, 5.41) is 21.7. The van der Waals surface area contributed by atoms with E-state index in [-0.39, 0.29) is 18.0 Å². The molecular weight excluding hydrogens is 334 g/mol. The molecule has 24 heavy (non-hydrogen) atoms. The maximum absolute atomic E-state index is 11.5. The Balaban J connectivity index is 2.23. The number of hydrogen-bond donors (Lipinski definition) is 3. The van der Waals surface area contributed by atoms with Crippen molar-refractivity contribution in [1.29, 1.82) is 0 Å². The number of carbonyl (C=O) groups is 1. The highest BCUT2D eigenvalue weighted by Gasteiger charge is 2.14. The van der Waals surface area contributed by atoms with Gasteiger partial charge in [-0.2, -0.15) is 0 Å². The molecule has 0 saturated carbocycles. The summed E-state index contributed by atoms with van der Waals surface area (Å²) >= 11 is 5.53. The first-order valence-electron chi connectivity index (χ1n) is 7.21. The Labute approximate surface area is 144 Å². The Kier molecular flexibility index (Phi) is 6.28. The van der Waals surface area contributed by atoms with Crippen LogP contribution in [0.25, 0.3) is 0 Å². The molecule has 1 atom stereocenters. The molecule has 0 amide bonds. The highest BCUT2D eigenvalue weighted by Crippen LogP contribution is 2.32. The molecule has 0 saturated heterocycles. The molecule has 128 valence electrons. The van der Waals surface area contributed by atoms with Crippen molar-refractivity contribution in [3.05, 3.63) is 48.0 Å². The van der Waals surface area contributed by atoms with E-state index >= 15 is 0 Å². The van der Waals surface area contributed by atoms with Crippen molar-refractivity contribution in [2.75, 3.05) is 24.9 Å². The fourth-order valence-electron chi connectivity index (χ4n) is 2.03. The molecule has 0 bridgehead atoms. The first-order valence-corrected chi connectivity index (χ1v) is 7.74. The van der Waals surface area contributed by atoms with Crippen LogP contribution in [0.4, 0.5) is 5.69 Å². The van der Waals surface area contributed by atoms with Gasteiger partial charge in [-0.3, -0.25) is 0 Å². The summed E-state index contributed by atoms with van der Waals surface area (Å²) in [6.45, 7) is 0.149. The first-order chi connectivity index (χ1) is 11.5. The molecule has 0 spiro atoms. The smallest absolute Gasteiger partial charge is 0.337 e. The number of carboxylic acids is 1. The van der Waals surface area contributed by atoms with Crippen LogP contribution in [0.2, 0.25) is 0 Å². The molecule has 0 aliphatic carbocycles. The molecule has 0 aliphatic rings. The van der Waals surface area contributed by atoms with Crippen LogP contribution < -0.4 is 14.8 Å². The minimum Gasteiger partial charge on any atom is -0.493 e. The van der Waals surface area contributed by atoms with Gasteiger partial charge in [0.1, 0.15) is 5.75 Å².